The first-order valence-corrected chi connectivity index (χ1v) is 4.86. The molecule has 0 saturated carbocycles. The van der Waals surface area contributed by atoms with Crippen LogP contribution in [0.2, 0.25) is 0 Å². The van der Waals surface area contributed by atoms with Gasteiger partial charge in [-0.3, -0.25) is 0 Å². The van der Waals surface area contributed by atoms with Gasteiger partial charge in [-0.15, -0.1) is 0 Å². The fraction of sp³-hybridized carbons (Fsp3) is 0.364. The Balaban J connectivity index is 2.74. The van der Waals surface area contributed by atoms with Crippen molar-refractivity contribution in [3.8, 4) is 5.75 Å². The lowest BCUT2D eigenvalue weighted by molar-refractivity contribution is 0.0580. The molecule has 0 unspecified atom stereocenters. The number of carbonyl (C=O) groups is 1. The number of hydrazine groups is 1. The van der Waals surface area contributed by atoms with Crippen LogP contribution in [0.15, 0.2) is 24.3 Å². The van der Waals surface area contributed by atoms with Crippen LogP contribution in [0, 0.1) is 0 Å². The van der Waals surface area contributed by atoms with Gasteiger partial charge in [0.05, 0.1) is 5.69 Å². The van der Waals surface area contributed by atoms with Gasteiger partial charge in [0.1, 0.15) is 11.4 Å². The van der Waals surface area contributed by atoms with Gasteiger partial charge >= 0.3 is 6.09 Å². The molecule has 0 atom stereocenters. The van der Waals surface area contributed by atoms with E-state index < -0.39 is 11.7 Å². The maximum absolute atomic E-state index is 11.6. The Hall–Kier alpha value is -1.75. The Morgan fingerprint density at radius 1 is 1.31 bits per heavy atom. The van der Waals surface area contributed by atoms with Crippen molar-refractivity contribution in [3.63, 3.8) is 0 Å². The third-order valence-electron chi connectivity index (χ3n) is 1.72. The number of phenols is 1. The summed E-state index contributed by atoms with van der Waals surface area (Å²) < 4.78 is 5.08. The summed E-state index contributed by atoms with van der Waals surface area (Å²) in [5.74, 6) is 5.69. The molecular weight excluding hydrogens is 208 g/mol. The van der Waals surface area contributed by atoms with Gasteiger partial charge in [0.15, 0.2) is 0 Å². The highest BCUT2D eigenvalue weighted by molar-refractivity contribution is 5.86. The molecule has 88 valence electrons. The van der Waals surface area contributed by atoms with Crippen LogP contribution < -0.4 is 10.9 Å². The molecule has 0 heterocycles. The summed E-state index contributed by atoms with van der Waals surface area (Å²) in [6.45, 7) is 5.28. The second-order valence-electron chi connectivity index (χ2n) is 4.37. The van der Waals surface area contributed by atoms with E-state index in [-0.39, 0.29) is 5.75 Å². The fourth-order valence-electron chi connectivity index (χ4n) is 1.03. The average molecular weight is 224 g/mol. The summed E-state index contributed by atoms with van der Waals surface area (Å²) >= 11 is 0. The molecule has 0 radical (unpaired) electrons. The Labute approximate surface area is 94.4 Å². The summed E-state index contributed by atoms with van der Waals surface area (Å²) in [4.78, 5) is 11.6. The number of hydrogen-bond acceptors (Lipinski definition) is 4. The van der Waals surface area contributed by atoms with Gasteiger partial charge in [0, 0.05) is 0 Å². The molecule has 0 bridgehead atoms. The molecule has 3 N–H and O–H groups in total. The number of benzene rings is 1. The molecule has 1 amide bonds. The van der Waals surface area contributed by atoms with Crippen molar-refractivity contribution in [1.82, 2.24) is 0 Å². The van der Waals surface area contributed by atoms with E-state index in [1.807, 2.05) is 0 Å². The van der Waals surface area contributed by atoms with Gasteiger partial charge in [-0.25, -0.2) is 15.6 Å². The van der Waals surface area contributed by atoms with Gasteiger partial charge in [-0.05, 0) is 45.0 Å². The number of phenolic OH excluding ortho intramolecular Hbond substituents is 1. The fourth-order valence-corrected chi connectivity index (χ4v) is 1.03. The van der Waals surface area contributed by atoms with E-state index in [2.05, 4.69) is 0 Å². The quantitative estimate of drug-likeness (QED) is 0.434. The summed E-state index contributed by atoms with van der Waals surface area (Å²) in [7, 11) is 0. The third-order valence-corrected chi connectivity index (χ3v) is 1.72. The standard InChI is InChI=1S/C11H16N2O3/c1-11(2,3)16-10(15)13(12)8-4-6-9(14)7-5-8/h4-7,14H,12H2,1-3H3. The molecule has 16 heavy (non-hydrogen) atoms. The average Bonchev–Trinajstić information content (AvgIpc) is 2.15. The van der Waals surface area contributed by atoms with Crippen LogP contribution in [0.25, 0.3) is 0 Å². The molecule has 0 saturated heterocycles. The lowest BCUT2D eigenvalue weighted by Crippen LogP contribution is -2.41. The highest BCUT2D eigenvalue weighted by atomic mass is 16.6. The summed E-state index contributed by atoms with van der Waals surface area (Å²) in [5.41, 5.74) is -0.141. The van der Waals surface area contributed by atoms with Crippen LogP contribution in [0.1, 0.15) is 20.8 Å². The normalized spacial score (nSPS) is 11.0. The predicted molar refractivity (Wildman–Crippen MR) is 61.0 cm³/mol. The number of ether oxygens (including phenoxy) is 1. The molecule has 1 rings (SSSR count). The molecule has 0 aliphatic heterocycles. The van der Waals surface area contributed by atoms with Gasteiger partial charge in [-0.1, -0.05) is 0 Å². The summed E-state index contributed by atoms with van der Waals surface area (Å²) in [5, 5.41) is 9.98. The molecule has 5 nitrogen and oxygen atoms in total. The van der Waals surface area contributed by atoms with Crippen LogP contribution >= 0.6 is 0 Å². The summed E-state index contributed by atoms with van der Waals surface area (Å²) in [6, 6.07) is 5.94. The number of aromatic hydroxyl groups is 1. The SMILES string of the molecule is CC(C)(C)OC(=O)N(N)c1ccc(O)cc1. The Bertz CT molecular complexity index is 368. The van der Waals surface area contributed by atoms with Crippen molar-refractivity contribution in [3.05, 3.63) is 24.3 Å². The van der Waals surface area contributed by atoms with E-state index in [1.165, 1.54) is 24.3 Å². The molecule has 0 aromatic heterocycles. The van der Waals surface area contributed by atoms with E-state index in [4.69, 9.17) is 15.7 Å². The van der Waals surface area contributed by atoms with Gasteiger partial charge in [0.2, 0.25) is 0 Å². The monoisotopic (exact) mass is 224 g/mol. The molecular formula is C11H16N2O3. The minimum absolute atomic E-state index is 0.112. The smallest absolute Gasteiger partial charge is 0.429 e. The van der Waals surface area contributed by atoms with E-state index >= 15 is 0 Å². The number of hydrogen-bond donors (Lipinski definition) is 2. The number of amides is 1. The van der Waals surface area contributed by atoms with E-state index in [0.717, 1.165) is 5.01 Å². The van der Waals surface area contributed by atoms with Gasteiger partial charge in [-0.2, -0.15) is 0 Å². The van der Waals surface area contributed by atoms with Crippen molar-refractivity contribution in [2.24, 2.45) is 5.84 Å². The summed E-state index contributed by atoms with van der Waals surface area (Å²) in [6.07, 6.45) is -0.641. The topological polar surface area (TPSA) is 75.8 Å². The zero-order valence-electron chi connectivity index (χ0n) is 9.60. The second kappa shape index (κ2) is 4.40. The minimum atomic E-state index is -0.641. The number of rotatable bonds is 1. The second-order valence-corrected chi connectivity index (χ2v) is 4.37. The first kappa shape index (κ1) is 12.3. The first-order chi connectivity index (χ1) is 7.29. The van der Waals surface area contributed by atoms with Gasteiger partial charge in [0.25, 0.3) is 0 Å². The van der Waals surface area contributed by atoms with Crippen molar-refractivity contribution in [1.29, 1.82) is 0 Å². The van der Waals surface area contributed by atoms with Crippen molar-refractivity contribution >= 4 is 11.8 Å². The van der Waals surface area contributed by atoms with Crippen LogP contribution in [-0.4, -0.2) is 16.8 Å². The van der Waals surface area contributed by atoms with Crippen LogP contribution in [-0.2, 0) is 4.74 Å². The molecule has 0 aliphatic rings. The maximum Gasteiger partial charge on any atom is 0.429 e. The maximum atomic E-state index is 11.6. The van der Waals surface area contributed by atoms with E-state index in [0.29, 0.717) is 5.69 Å². The van der Waals surface area contributed by atoms with Crippen LogP contribution in [0.3, 0.4) is 0 Å². The largest absolute Gasteiger partial charge is 0.508 e. The highest BCUT2D eigenvalue weighted by Gasteiger charge is 2.20. The molecule has 5 heteroatoms. The Morgan fingerprint density at radius 3 is 2.25 bits per heavy atom. The molecule has 0 aliphatic carbocycles. The third kappa shape index (κ3) is 3.43. The Morgan fingerprint density at radius 2 is 1.81 bits per heavy atom. The van der Waals surface area contributed by atoms with E-state index in [1.54, 1.807) is 20.8 Å². The number of nitrogens with two attached hydrogens (primary N) is 1. The van der Waals surface area contributed by atoms with Crippen molar-refractivity contribution in [2.75, 3.05) is 5.01 Å². The van der Waals surface area contributed by atoms with Crippen molar-refractivity contribution in [2.45, 2.75) is 26.4 Å². The molecule has 0 spiro atoms. The van der Waals surface area contributed by atoms with Crippen LogP contribution in [0.4, 0.5) is 10.5 Å². The Kier molecular flexibility index (Phi) is 3.39. The number of carbonyl (C=O) groups excluding carboxylic acids is 1. The van der Waals surface area contributed by atoms with Gasteiger partial charge < -0.3 is 9.84 Å². The highest BCUT2D eigenvalue weighted by Crippen LogP contribution is 2.18. The lowest BCUT2D eigenvalue weighted by atomic mass is 10.2. The first-order valence-electron chi connectivity index (χ1n) is 4.86. The molecule has 0 fully saturated rings. The van der Waals surface area contributed by atoms with Crippen molar-refractivity contribution < 1.29 is 14.6 Å². The molecule has 1 aromatic rings. The molecule has 1 aromatic carbocycles. The zero-order valence-corrected chi connectivity index (χ0v) is 9.60. The van der Waals surface area contributed by atoms with Crippen LogP contribution in [0.5, 0.6) is 5.75 Å². The lowest BCUT2D eigenvalue weighted by Gasteiger charge is -2.24. The number of anilines is 1. The predicted octanol–water partition coefficient (Wildman–Crippen LogP) is 2.01. The zero-order chi connectivity index (χ0) is 12.3. The van der Waals surface area contributed by atoms with E-state index in [9.17, 15) is 4.79 Å². The number of nitrogens with zero attached hydrogens (tertiary/aromatic N) is 1. The minimum Gasteiger partial charge on any atom is -0.508 e.